The van der Waals surface area contributed by atoms with Crippen molar-refractivity contribution < 1.29 is 29.4 Å². The minimum absolute atomic E-state index is 0.0748. The first-order valence-corrected chi connectivity index (χ1v) is 13.3. The van der Waals surface area contributed by atoms with Crippen molar-refractivity contribution >= 4 is 34.6 Å². The summed E-state index contributed by atoms with van der Waals surface area (Å²) in [6.45, 7) is 1.60. The molecule has 4 rings (SSSR count). The lowest BCUT2D eigenvalue weighted by Gasteiger charge is -2.29. The van der Waals surface area contributed by atoms with E-state index >= 15 is 0 Å². The molecule has 5 atom stereocenters. The third-order valence-corrected chi connectivity index (χ3v) is 7.23. The number of aliphatic hydroxyl groups is 1. The molecule has 0 bridgehead atoms. The number of hydrogen-bond donors (Lipinski definition) is 6. The third kappa shape index (κ3) is 6.67. The number of carboxylic acid groups (broad SMARTS) is 1. The zero-order chi connectivity index (χ0) is 28.8. The Bertz CT molecular complexity index is 1360. The molecule has 1 aliphatic heterocycles. The number of fused-ring (bicyclic) bond motifs is 1. The molecule has 1 aromatic heterocycles. The van der Waals surface area contributed by atoms with Crippen LogP contribution in [0.5, 0.6) is 0 Å². The lowest BCUT2D eigenvalue weighted by molar-refractivity contribution is -0.149. The van der Waals surface area contributed by atoms with Gasteiger partial charge in [0.25, 0.3) is 0 Å². The molecule has 212 valence electrons. The number of aromatic nitrogens is 1. The Balaban J connectivity index is 1.53. The quantitative estimate of drug-likeness (QED) is 0.204. The van der Waals surface area contributed by atoms with E-state index in [1.165, 1.54) is 11.8 Å². The molecule has 5 unspecified atom stereocenters. The SMILES string of the molecule is CC(O)C(NC(=O)C(N)Cc1ccccc1)C(=O)NC(Cc1c[nH]c2ccccc12)C(=O)N1CCCC1C(=O)O. The molecular weight excluding hydrogens is 514 g/mol. The minimum atomic E-state index is -1.39. The van der Waals surface area contributed by atoms with Crippen molar-refractivity contribution in [2.45, 2.75) is 62.9 Å². The number of hydrogen-bond acceptors (Lipinski definition) is 6. The summed E-state index contributed by atoms with van der Waals surface area (Å²) in [4.78, 5) is 56.1. The Hall–Kier alpha value is -4.22. The molecule has 7 N–H and O–H groups in total. The lowest BCUT2D eigenvalue weighted by atomic mass is 10.0. The van der Waals surface area contributed by atoms with Crippen LogP contribution in [0.2, 0.25) is 0 Å². The van der Waals surface area contributed by atoms with Crippen molar-refractivity contribution in [2.24, 2.45) is 5.73 Å². The summed E-state index contributed by atoms with van der Waals surface area (Å²) < 4.78 is 0. The summed E-state index contributed by atoms with van der Waals surface area (Å²) >= 11 is 0. The van der Waals surface area contributed by atoms with Crippen LogP contribution in [0.4, 0.5) is 0 Å². The van der Waals surface area contributed by atoms with E-state index in [0.29, 0.717) is 12.8 Å². The summed E-state index contributed by atoms with van der Waals surface area (Å²) in [5.74, 6) is -3.06. The van der Waals surface area contributed by atoms with Crippen molar-refractivity contribution in [3.63, 3.8) is 0 Å². The van der Waals surface area contributed by atoms with Crippen molar-refractivity contribution in [3.8, 4) is 0 Å². The minimum Gasteiger partial charge on any atom is -0.480 e. The highest BCUT2D eigenvalue weighted by Gasteiger charge is 2.39. The Morgan fingerprint density at radius 2 is 1.73 bits per heavy atom. The largest absolute Gasteiger partial charge is 0.480 e. The molecule has 0 aliphatic carbocycles. The Morgan fingerprint density at radius 3 is 2.42 bits per heavy atom. The number of aliphatic carboxylic acids is 1. The maximum atomic E-state index is 13.7. The maximum absolute atomic E-state index is 13.7. The van der Waals surface area contributed by atoms with E-state index in [4.69, 9.17) is 5.73 Å². The standard InChI is InChI=1S/C29H35N5O6/c1-17(35)25(33-26(36)21(30)14-18-8-3-2-4-9-18)27(37)32-23(28(38)34-13-7-12-24(34)29(39)40)15-19-16-31-22-11-6-5-10-20(19)22/h2-6,8-11,16-17,21,23-25,31,35H,7,12-15,30H2,1H3,(H,32,37)(H,33,36)(H,39,40). The number of aliphatic hydroxyl groups excluding tert-OH is 1. The van der Waals surface area contributed by atoms with Gasteiger partial charge in [-0.15, -0.1) is 0 Å². The molecule has 0 saturated carbocycles. The van der Waals surface area contributed by atoms with Gasteiger partial charge in [-0.3, -0.25) is 14.4 Å². The smallest absolute Gasteiger partial charge is 0.326 e. The van der Waals surface area contributed by atoms with Crippen LogP contribution in [0.25, 0.3) is 10.9 Å². The third-order valence-electron chi connectivity index (χ3n) is 7.23. The molecule has 1 aliphatic rings. The monoisotopic (exact) mass is 549 g/mol. The van der Waals surface area contributed by atoms with Gasteiger partial charge in [0, 0.05) is 30.1 Å². The van der Waals surface area contributed by atoms with E-state index in [9.17, 15) is 29.4 Å². The van der Waals surface area contributed by atoms with Gasteiger partial charge in [-0.1, -0.05) is 48.5 Å². The second-order valence-corrected chi connectivity index (χ2v) is 10.2. The molecule has 3 amide bonds. The zero-order valence-corrected chi connectivity index (χ0v) is 22.2. The molecule has 0 spiro atoms. The number of carbonyl (C=O) groups is 4. The number of nitrogens with zero attached hydrogens (tertiary/aromatic N) is 1. The number of para-hydroxylation sites is 1. The van der Waals surface area contributed by atoms with Gasteiger partial charge in [0.05, 0.1) is 12.1 Å². The highest BCUT2D eigenvalue weighted by Crippen LogP contribution is 2.23. The Kier molecular flexibility index (Phi) is 9.18. The van der Waals surface area contributed by atoms with Crippen molar-refractivity contribution in [2.75, 3.05) is 6.54 Å². The van der Waals surface area contributed by atoms with Crippen LogP contribution in [0.15, 0.2) is 60.8 Å². The zero-order valence-electron chi connectivity index (χ0n) is 22.2. The second kappa shape index (κ2) is 12.8. The van der Waals surface area contributed by atoms with E-state index < -0.39 is 54.0 Å². The normalized spacial score (nSPS) is 18.1. The number of amides is 3. The van der Waals surface area contributed by atoms with Crippen LogP contribution in [-0.2, 0) is 32.0 Å². The van der Waals surface area contributed by atoms with Gasteiger partial charge < -0.3 is 36.5 Å². The highest BCUT2D eigenvalue weighted by molar-refractivity contribution is 5.95. The topological polar surface area (TPSA) is 178 Å². The maximum Gasteiger partial charge on any atom is 0.326 e. The van der Waals surface area contributed by atoms with Crippen LogP contribution in [0.1, 0.15) is 30.9 Å². The summed E-state index contributed by atoms with van der Waals surface area (Å²) in [5, 5.41) is 26.1. The van der Waals surface area contributed by atoms with Crippen LogP contribution in [0.3, 0.4) is 0 Å². The molecular formula is C29H35N5O6. The predicted molar refractivity (Wildman–Crippen MR) is 148 cm³/mol. The predicted octanol–water partition coefficient (Wildman–Crippen LogP) is 0.706. The highest BCUT2D eigenvalue weighted by atomic mass is 16.4. The first-order chi connectivity index (χ1) is 19.2. The number of H-pyrrole nitrogens is 1. The Labute approximate surface area is 231 Å². The van der Waals surface area contributed by atoms with Crippen molar-refractivity contribution in [3.05, 3.63) is 71.9 Å². The van der Waals surface area contributed by atoms with Gasteiger partial charge >= 0.3 is 5.97 Å². The molecule has 1 fully saturated rings. The van der Waals surface area contributed by atoms with Gasteiger partial charge in [-0.05, 0) is 43.4 Å². The molecule has 3 aromatic rings. The number of carboxylic acids is 1. The molecule has 11 nitrogen and oxygen atoms in total. The first kappa shape index (κ1) is 28.8. The summed E-state index contributed by atoms with van der Waals surface area (Å²) in [6, 6.07) is 12.2. The van der Waals surface area contributed by atoms with Gasteiger partial charge in [0.1, 0.15) is 18.1 Å². The van der Waals surface area contributed by atoms with Crippen LogP contribution in [-0.4, -0.2) is 80.6 Å². The molecule has 40 heavy (non-hydrogen) atoms. The van der Waals surface area contributed by atoms with Crippen molar-refractivity contribution in [1.82, 2.24) is 20.5 Å². The van der Waals surface area contributed by atoms with E-state index in [-0.39, 0.29) is 19.4 Å². The number of benzene rings is 2. The average molecular weight is 550 g/mol. The number of nitrogens with one attached hydrogen (secondary N) is 3. The van der Waals surface area contributed by atoms with Crippen LogP contribution >= 0.6 is 0 Å². The average Bonchev–Trinajstić information content (AvgIpc) is 3.59. The molecule has 1 saturated heterocycles. The molecule has 2 heterocycles. The summed E-state index contributed by atoms with van der Waals surface area (Å²) in [6.07, 6.45) is 1.60. The van der Waals surface area contributed by atoms with E-state index in [0.717, 1.165) is 22.0 Å². The summed E-state index contributed by atoms with van der Waals surface area (Å²) in [5.41, 5.74) is 8.51. The van der Waals surface area contributed by atoms with Gasteiger partial charge in [0.15, 0.2) is 0 Å². The van der Waals surface area contributed by atoms with Gasteiger partial charge in [-0.2, -0.15) is 0 Å². The van der Waals surface area contributed by atoms with E-state index in [1.807, 2.05) is 54.6 Å². The fraction of sp³-hybridized carbons (Fsp3) is 0.379. The second-order valence-electron chi connectivity index (χ2n) is 10.2. The number of aromatic amines is 1. The molecule has 2 aromatic carbocycles. The van der Waals surface area contributed by atoms with E-state index in [1.54, 1.807) is 6.20 Å². The first-order valence-electron chi connectivity index (χ1n) is 13.3. The fourth-order valence-electron chi connectivity index (χ4n) is 5.10. The van der Waals surface area contributed by atoms with Crippen molar-refractivity contribution in [1.29, 1.82) is 0 Å². The fourth-order valence-corrected chi connectivity index (χ4v) is 5.10. The summed E-state index contributed by atoms with van der Waals surface area (Å²) in [7, 11) is 0. The van der Waals surface area contributed by atoms with Crippen LogP contribution < -0.4 is 16.4 Å². The van der Waals surface area contributed by atoms with Gasteiger partial charge in [-0.25, -0.2) is 4.79 Å². The van der Waals surface area contributed by atoms with E-state index in [2.05, 4.69) is 15.6 Å². The number of carbonyl (C=O) groups excluding carboxylic acids is 3. The van der Waals surface area contributed by atoms with Gasteiger partial charge in [0.2, 0.25) is 17.7 Å². The molecule has 11 heteroatoms. The molecule has 0 radical (unpaired) electrons. The Morgan fingerprint density at radius 1 is 1.02 bits per heavy atom. The lowest BCUT2D eigenvalue weighted by Crippen LogP contribution is -2.60. The number of rotatable bonds is 11. The number of likely N-dealkylation sites (tertiary alicyclic amines) is 1. The van der Waals surface area contributed by atoms with Crippen LogP contribution in [0, 0.1) is 0 Å². The number of nitrogens with two attached hydrogens (primary N) is 1.